The van der Waals surface area contributed by atoms with Gasteiger partial charge in [-0.15, -0.1) is 0 Å². The molecule has 0 aromatic heterocycles. The lowest BCUT2D eigenvalue weighted by Crippen LogP contribution is -2.38. The van der Waals surface area contributed by atoms with Crippen LogP contribution in [-0.2, 0) is 14.3 Å². The molecule has 0 spiro atoms. The number of nitrogens with two attached hydrogens (primary N) is 1. The van der Waals surface area contributed by atoms with E-state index in [0.29, 0.717) is 47.5 Å². The summed E-state index contributed by atoms with van der Waals surface area (Å²) in [5.74, 6) is 0.455. The lowest BCUT2D eigenvalue weighted by molar-refractivity contribution is -0.148. The molecule has 5 N–H and O–H groups in total. The van der Waals surface area contributed by atoms with Crippen molar-refractivity contribution in [3.8, 4) is 23.0 Å². The molecule has 0 saturated carbocycles. The molecular weight excluding hydrogens is 508 g/mol. The lowest BCUT2D eigenvalue weighted by atomic mass is 10.0. The van der Waals surface area contributed by atoms with Crippen LogP contribution in [0.15, 0.2) is 72.8 Å². The fourth-order valence-corrected chi connectivity index (χ4v) is 3.66. The lowest BCUT2D eigenvalue weighted by Gasteiger charge is -2.19. The van der Waals surface area contributed by atoms with E-state index in [4.69, 9.17) is 24.7 Å². The molecule has 1 heterocycles. The Kier molecular flexibility index (Phi) is 8.80. The molecule has 0 radical (unpaired) electrons. The van der Waals surface area contributed by atoms with Gasteiger partial charge in [0.25, 0.3) is 5.91 Å². The summed E-state index contributed by atoms with van der Waals surface area (Å²) in [6.45, 7) is 0.102. The van der Waals surface area contributed by atoms with E-state index >= 15 is 0 Å². The molecule has 1 aliphatic rings. The van der Waals surface area contributed by atoms with Crippen LogP contribution in [0.5, 0.6) is 23.0 Å². The number of anilines is 1. The second-order valence-electron chi connectivity index (χ2n) is 8.27. The van der Waals surface area contributed by atoms with Gasteiger partial charge in [-0.3, -0.25) is 14.9 Å². The van der Waals surface area contributed by atoms with Gasteiger partial charge in [0.2, 0.25) is 0 Å². The quantitative estimate of drug-likeness (QED) is 0.304. The first-order valence-electron chi connectivity index (χ1n) is 11.9. The van der Waals surface area contributed by atoms with E-state index in [2.05, 4.69) is 16.0 Å². The molecule has 3 aromatic rings. The molecule has 12 nitrogen and oxygen atoms in total. The fraction of sp³-hybridized carbons (Fsp3) is 0.185. The van der Waals surface area contributed by atoms with Crippen molar-refractivity contribution in [2.45, 2.75) is 12.5 Å². The number of fused-ring (bicyclic) bond motifs is 1. The van der Waals surface area contributed by atoms with Gasteiger partial charge in [-0.1, -0.05) is 30.3 Å². The first-order valence-corrected chi connectivity index (χ1v) is 11.9. The molecule has 1 atom stereocenters. The van der Waals surface area contributed by atoms with Gasteiger partial charge in [-0.05, 0) is 42.0 Å². The van der Waals surface area contributed by atoms with E-state index in [9.17, 15) is 19.2 Å². The van der Waals surface area contributed by atoms with Crippen LogP contribution in [0.25, 0.3) is 0 Å². The fourth-order valence-electron chi connectivity index (χ4n) is 3.66. The number of ether oxygens (including phenoxy) is 4. The molecule has 3 aromatic carbocycles. The largest absolute Gasteiger partial charge is 0.486 e. The van der Waals surface area contributed by atoms with Gasteiger partial charge in [0.1, 0.15) is 24.7 Å². The van der Waals surface area contributed by atoms with Gasteiger partial charge in [-0.2, -0.15) is 0 Å². The number of carbonyl (C=O) groups is 4. The molecule has 0 bridgehead atoms. The third-order valence-corrected chi connectivity index (χ3v) is 5.34. The van der Waals surface area contributed by atoms with Crippen LogP contribution in [0, 0.1) is 0 Å². The summed E-state index contributed by atoms with van der Waals surface area (Å²) in [5.41, 5.74) is 6.19. The minimum Gasteiger partial charge on any atom is -0.486 e. The van der Waals surface area contributed by atoms with Crippen molar-refractivity contribution in [3.63, 3.8) is 0 Å². The van der Waals surface area contributed by atoms with Crippen LogP contribution < -0.4 is 35.9 Å². The number of para-hydroxylation sites is 1. The predicted molar refractivity (Wildman–Crippen MR) is 139 cm³/mol. The summed E-state index contributed by atoms with van der Waals surface area (Å²) in [6, 6.07) is 18.1. The monoisotopic (exact) mass is 534 g/mol. The van der Waals surface area contributed by atoms with E-state index in [0.717, 1.165) is 0 Å². The Hall–Kier alpha value is -5.26. The first-order chi connectivity index (χ1) is 18.9. The number of imide groups is 1. The van der Waals surface area contributed by atoms with Gasteiger partial charge in [0.15, 0.2) is 18.1 Å². The smallest absolute Gasteiger partial charge is 0.325 e. The SMILES string of the molecule is NC(=O)N[C@H](CC(=O)OCC(=O)NC(=O)Nc1ccc2c(c1)OCCO2)c1cccc(Oc2ccccc2)c1. The number of amides is 5. The maximum absolute atomic E-state index is 12.5. The van der Waals surface area contributed by atoms with Crippen LogP contribution >= 0.6 is 0 Å². The summed E-state index contributed by atoms with van der Waals surface area (Å²) < 4.78 is 21.7. The van der Waals surface area contributed by atoms with Crippen LogP contribution in [0.3, 0.4) is 0 Å². The number of benzene rings is 3. The van der Waals surface area contributed by atoms with Crippen molar-refractivity contribution in [2.75, 3.05) is 25.1 Å². The number of carbonyl (C=O) groups excluding carboxylic acids is 4. The molecule has 1 aliphatic heterocycles. The van der Waals surface area contributed by atoms with E-state index in [1.165, 1.54) is 0 Å². The van der Waals surface area contributed by atoms with Gasteiger partial charge >= 0.3 is 18.0 Å². The Morgan fingerprint density at radius 3 is 2.38 bits per heavy atom. The van der Waals surface area contributed by atoms with Crippen molar-refractivity contribution in [2.24, 2.45) is 5.73 Å². The highest BCUT2D eigenvalue weighted by molar-refractivity contribution is 6.02. The molecule has 39 heavy (non-hydrogen) atoms. The topological polar surface area (TPSA) is 167 Å². The zero-order chi connectivity index (χ0) is 27.6. The highest BCUT2D eigenvalue weighted by atomic mass is 16.6. The molecule has 5 amide bonds. The zero-order valence-corrected chi connectivity index (χ0v) is 20.7. The van der Waals surface area contributed by atoms with Crippen LogP contribution in [0.4, 0.5) is 15.3 Å². The average Bonchev–Trinajstić information content (AvgIpc) is 2.92. The predicted octanol–water partition coefficient (Wildman–Crippen LogP) is 3.24. The van der Waals surface area contributed by atoms with E-state index < -0.39 is 36.6 Å². The number of hydrogen-bond donors (Lipinski definition) is 4. The Bertz CT molecular complexity index is 1350. The molecule has 0 saturated heterocycles. The second kappa shape index (κ2) is 12.8. The van der Waals surface area contributed by atoms with Gasteiger partial charge in [0.05, 0.1) is 12.5 Å². The number of primary amides is 1. The number of nitrogens with one attached hydrogen (secondary N) is 3. The zero-order valence-electron chi connectivity index (χ0n) is 20.7. The van der Waals surface area contributed by atoms with Crippen molar-refractivity contribution >= 4 is 29.6 Å². The maximum Gasteiger partial charge on any atom is 0.325 e. The molecule has 0 unspecified atom stereocenters. The molecule has 202 valence electrons. The summed E-state index contributed by atoms with van der Waals surface area (Å²) >= 11 is 0. The minimum atomic E-state index is -0.851. The molecule has 12 heteroatoms. The molecule has 4 rings (SSSR count). The van der Waals surface area contributed by atoms with Gasteiger partial charge in [-0.25, -0.2) is 9.59 Å². The van der Waals surface area contributed by atoms with Crippen molar-refractivity contribution in [1.82, 2.24) is 10.6 Å². The second-order valence-corrected chi connectivity index (χ2v) is 8.27. The number of hydrogen-bond acceptors (Lipinski definition) is 8. The summed E-state index contributed by atoms with van der Waals surface area (Å²) in [4.78, 5) is 48.3. The van der Waals surface area contributed by atoms with Crippen LogP contribution in [0.2, 0.25) is 0 Å². The number of esters is 1. The standard InChI is InChI=1S/C27H26N4O8/c28-26(34)30-21(17-5-4-8-20(13-17)39-19-6-2-1-3-7-19)15-25(33)38-16-24(32)31-27(35)29-18-9-10-22-23(14-18)37-12-11-36-22/h1-10,13-14,21H,11-12,15-16H2,(H3,28,30,34)(H2,29,31,32,35)/t21-/m1/s1. The van der Waals surface area contributed by atoms with E-state index in [1.54, 1.807) is 54.6 Å². The molecular formula is C27H26N4O8. The summed E-state index contributed by atoms with van der Waals surface area (Å²) in [5, 5.41) is 7.04. The van der Waals surface area contributed by atoms with Gasteiger partial charge in [0, 0.05) is 11.8 Å². The maximum atomic E-state index is 12.5. The highest BCUT2D eigenvalue weighted by Gasteiger charge is 2.21. The van der Waals surface area contributed by atoms with Crippen LogP contribution in [-0.4, -0.2) is 43.8 Å². The van der Waals surface area contributed by atoms with Crippen molar-refractivity contribution in [1.29, 1.82) is 0 Å². The van der Waals surface area contributed by atoms with Crippen LogP contribution in [0.1, 0.15) is 18.0 Å². The summed E-state index contributed by atoms with van der Waals surface area (Å²) in [7, 11) is 0. The Labute approximate surface area is 223 Å². The highest BCUT2D eigenvalue weighted by Crippen LogP contribution is 2.32. The van der Waals surface area contributed by atoms with Crippen molar-refractivity contribution in [3.05, 3.63) is 78.4 Å². The number of urea groups is 2. The molecule has 0 aliphatic carbocycles. The Morgan fingerprint density at radius 2 is 1.62 bits per heavy atom. The Balaban J connectivity index is 1.28. The average molecular weight is 535 g/mol. The van der Waals surface area contributed by atoms with E-state index in [1.807, 2.05) is 18.2 Å². The third kappa shape index (κ3) is 8.12. The van der Waals surface area contributed by atoms with E-state index in [-0.39, 0.29) is 6.42 Å². The number of rotatable bonds is 9. The first kappa shape index (κ1) is 26.8. The molecule has 0 fully saturated rings. The Morgan fingerprint density at radius 1 is 0.872 bits per heavy atom. The normalized spacial score (nSPS) is 12.4. The third-order valence-electron chi connectivity index (χ3n) is 5.34. The van der Waals surface area contributed by atoms with Crippen molar-refractivity contribution < 1.29 is 38.1 Å². The summed E-state index contributed by atoms with van der Waals surface area (Å²) in [6.07, 6.45) is -0.325. The van der Waals surface area contributed by atoms with Gasteiger partial charge < -0.3 is 35.3 Å². The minimum absolute atomic E-state index is 0.325.